The largest absolute Gasteiger partial charge is 0.465 e. The van der Waals surface area contributed by atoms with Gasteiger partial charge in [0.1, 0.15) is 17.5 Å². The highest BCUT2D eigenvalue weighted by molar-refractivity contribution is 6.30. The Morgan fingerprint density at radius 3 is 2.55 bits per heavy atom. The summed E-state index contributed by atoms with van der Waals surface area (Å²) in [5.74, 6) is -0.738. The number of carboxylic acid groups (broad SMARTS) is 1. The molecule has 2 amide bonds. The Morgan fingerprint density at radius 2 is 1.91 bits per heavy atom. The maximum Gasteiger partial charge on any atom is 0.404 e. The molecule has 0 aliphatic carbocycles. The summed E-state index contributed by atoms with van der Waals surface area (Å²) in [5, 5.41) is 11.4. The third kappa shape index (κ3) is 5.35. The number of piperidine rings is 1. The number of halogens is 3. The fourth-order valence-corrected chi connectivity index (χ4v) is 4.88. The second-order valence-electron chi connectivity index (χ2n) is 8.57. The zero-order valence-corrected chi connectivity index (χ0v) is 18.6. The molecule has 2 N–H and O–H groups in total. The summed E-state index contributed by atoms with van der Waals surface area (Å²) in [6.07, 6.45) is 1.34. The fourth-order valence-electron chi connectivity index (χ4n) is 4.77. The van der Waals surface area contributed by atoms with Gasteiger partial charge in [-0.2, -0.15) is 0 Å². The molecule has 176 valence electrons. The van der Waals surface area contributed by atoms with E-state index in [0.29, 0.717) is 50.4 Å². The van der Waals surface area contributed by atoms with Gasteiger partial charge in [0, 0.05) is 50.5 Å². The Morgan fingerprint density at radius 1 is 1.15 bits per heavy atom. The van der Waals surface area contributed by atoms with Crippen LogP contribution in [0.5, 0.6) is 0 Å². The number of pyridine rings is 1. The van der Waals surface area contributed by atoms with Crippen LogP contribution in [0, 0.1) is 23.5 Å². The fraction of sp³-hybridized carbons (Fsp3) is 0.435. The monoisotopic (exact) mass is 478 g/mol. The topological polar surface area (TPSA) is 85.8 Å². The average Bonchev–Trinajstić information content (AvgIpc) is 3.24. The number of likely N-dealkylation sites (tertiary alicyclic amines) is 1. The second kappa shape index (κ2) is 9.91. The minimum absolute atomic E-state index is 0.0206. The molecular formula is C23H25ClF2N4O3. The van der Waals surface area contributed by atoms with Crippen molar-refractivity contribution in [3.8, 4) is 0 Å². The Kier molecular flexibility index (Phi) is 6.97. The van der Waals surface area contributed by atoms with E-state index in [1.165, 1.54) is 24.4 Å². The molecule has 0 unspecified atom stereocenters. The van der Waals surface area contributed by atoms with Crippen LogP contribution in [-0.2, 0) is 4.79 Å². The average molecular weight is 479 g/mol. The number of hydrogen-bond acceptors (Lipinski definition) is 4. The third-order valence-electron chi connectivity index (χ3n) is 6.52. The maximum atomic E-state index is 14.1. The number of amides is 2. The smallest absolute Gasteiger partial charge is 0.404 e. The van der Waals surface area contributed by atoms with Crippen LogP contribution in [0.4, 0.5) is 19.4 Å². The van der Waals surface area contributed by atoms with Crippen molar-refractivity contribution < 1.29 is 23.5 Å². The highest BCUT2D eigenvalue weighted by atomic mass is 35.5. The van der Waals surface area contributed by atoms with Crippen LogP contribution in [0.25, 0.3) is 0 Å². The van der Waals surface area contributed by atoms with Gasteiger partial charge in [-0.3, -0.25) is 4.79 Å². The summed E-state index contributed by atoms with van der Waals surface area (Å²) in [4.78, 5) is 32.2. The van der Waals surface area contributed by atoms with Gasteiger partial charge in [-0.15, -0.1) is 0 Å². The molecule has 2 aromatic rings. The van der Waals surface area contributed by atoms with E-state index in [9.17, 15) is 18.4 Å². The van der Waals surface area contributed by atoms with Gasteiger partial charge in [-0.1, -0.05) is 17.7 Å². The SMILES string of the molecule is O=C(O)NC[C@H]1CN(C(=O)C2CCN(c3ccc(F)cn3)CC2)C[C@H]1c1ccc(Cl)c(F)c1. The lowest BCUT2D eigenvalue weighted by Gasteiger charge is -2.34. The predicted octanol–water partition coefficient (Wildman–Crippen LogP) is 3.74. The van der Waals surface area contributed by atoms with Gasteiger partial charge in [-0.05, 0) is 42.7 Å². The number of hydrogen-bond donors (Lipinski definition) is 2. The maximum absolute atomic E-state index is 14.1. The van der Waals surface area contributed by atoms with Gasteiger partial charge >= 0.3 is 6.09 Å². The summed E-state index contributed by atoms with van der Waals surface area (Å²) in [5.41, 5.74) is 0.696. The van der Waals surface area contributed by atoms with Crippen LogP contribution < -0.4 is 10.2 Å². The van der Waals surface area contributed by atoms with Gasteiger partial charge < -0.3 is 20.2 Å². The van der Waals surface area contributed by atoms with Crippen molar-refractivity contribution in [2.45, 2.75) is 18.8 Å². The molecule has 2 saturated heterocycles. The molecule has 4 rings (SSSR count). The van der Waals surface area contributed by atoms with E-state index in [-0.39, 0.29) is 41.0 Å². The second-order valence-corrected chi connectivity index (χ2v) is 8.97. The molecule has 2 fully saturated rings. The number of nitrogens with zero attached hydrogens (tertiary/aromatic N) is 3. The van der Waals surface area contributed by atoms with Crippen LogP contribution in [0.2, 0.25) is 5.02 Å². The van der Waals surface area contributed by atoms with Crippen molar-refractivity contribution in [1.82, 2.24) is 15.2 Å². The summed E-state index contributed by atoms with van der Waals surface area (Å²) >= 11 is 5.81. The van der Waals surface area contributed by atoms with Crippen molar-refractivity contribution in [1.29, 1.82) is 0 Å². The van der Waals surface area contributed by atoms with Gasteiger partial charge in [0.15, 0.2) is 0 Å². The summed E-state index contributed by atoms with van der Waals surface area (Å²) in [6, 6.07) is 7.58. The number of carbonyl (C=O) groups excluding carboxylic acids is 1. The number of anilines is 1. The molecule has 1 aromatic carbocycles. The zero-order valence-electron chi connectivity index (χ0n) is 17.9. The van der Waals surface area contributed by atoms with Crippen molar-refractivity contribution >= 4 is 29.4 Å². The van der Waals surface area contributed by atoms with E-state index in [0.717, 1.165) is 0 Å². The quantitative estimate of drug-likeness (QED) is 0.683. The molecule has 2 aliphatic rings. The van der Waals surface area contributed by atoms with Crippen LogP contribution in [0.1, 0.15) is 24.3 Å². The molecule has 2 atom stereocenters. The first-order valence-corrected chi connectivity index (χ1v) is 11.3. The lowest BCUT2D eigenvalue weighted by Crippen LogP contribution is -2.42. The first-order valence-electron chi connectivity index (χ1n) is 10.9. The first-order chi connectivity index (χ1) is 15.8. The number of aromatic nitrogens is 1. The minimum Gasteiger partial charge on any atom is -0.465 e. The Balaban J connectivity index is 1.42. The van der Waals surface area contributed by atoms with Crippen molar-refractivity contribution in [3.63, 3.8) is 0 Å². The highest BCUT2D eigenvalue weighted by Gasteiger charge is 2.39. The third-order valence-corrected chi connectivity index (χ3v) is 6.83. The highest BCUT2D eigenvalue weighted by Crippen LogP contribution is 2.35. The van der Waals surface area contributed by atoms with E-state index in [4.69, 9.17) is 16.7 Å². The van der Waals surface area contributed by atoms with Gasteiger partial charge in [-0.25, -0.2) is 18.6 Å². The number of nitrogens with one attached hydrogen (secondary N) is 1. The van der Waals surface area contributed by atoms with E-state index in [2.05, 4.69) is 10.3 Å². The van der Waals surface area contributed by atoms with Crippen LogP contribution in [0.15, 0.2) is 36.5 Å². The van der Waals surface area contributed by atoms with E-state index < -0.39 is 11.9 Å². The minimum atomic E-state index is -1.14. The Bertz CT molecular complexity index is 1020. The first kappa shape index (κ1) is 23.2. The van der Waals surface area contributed by atoms with E-state index in [1.54, 1.807) is 17.0 Å². The molecule has 0 bridgehead atoms. The lowest BCUT2D eigenvalue weighted by molar-refractivity contribution is -0.135. The molecular weight excluding hydrogens is 454 g/mol. The van der Waals surface area contributed by atoms with Crippen molar-refractivity contribution in [2.75, 3.05) is 37.6 Å². The van der Waals surface area contributed by atoms with Gasteiger partial charge in [0.25, 0.3) is 0 Å². The number of rotatable bonds is 5. The zero-order chi connectivity index (χ0) is 23.5. The summed E-state index contributed by atoms with van der Waals surface area (Å²) < 4.78 is 27.2. The van der Waals surface area contributed by atoms with Crippen LogP contribution in [0.3, 0.4) is 0 Å². The molecule has 0 spiro atoms. The number of benzene rings is 1. The molecule has 0 radical (unpaired) electrons. The molecule has 2 aliphatic heterocycles. The van der Waals surface area contributed by atoms with Gasteiger partial charge in [0.05, 0.1) is 11.2 Å². The molecule has 10 heteroatoms. The van der Waals surface area contributed by atoms with Gasteiger partial charge in [0.2, 0.25) is 5.91 Å². The molecule has 0 saturated carbocycles. The molecule has 7 nitrogen and oxygen atoms in total. The van der Waals surface area contributed by atoms with E-state index in [1.807, 2.05) is 4.90 Å². The summed E-state index contributed by atoms with van der Waals surface area (Å²) in [7, 11) is 0. The number of carbonyl (C=O) groups is 2. The Labute approximate surface area is 195 Å². The lowest BCUT2D eigenvalue weighted by atomic mass is 9.89. The van der Waals surface area contributed by atoms with Crippen LogP contribution >= 0.6 is 11.6 Å². The normalized spacial score (nSPS) is 21.3. The molecule has 3 heterocycles. The van der Waals surface area contributed by atoms with Crippen LogP contribution in [-0.4, -0.2) is 59.7 Å². The molecule has 1 aromatic heterocycles. The standard InChI is InChI=1S/C23H25ClF2N4O3/c24-19-3-1-15(9-20(19)26)18-13-30(12-16(18)10-28-23(32)33)22(31)14-5-7-29(8-6-14)21-4-2-17(25)11-27-21/h1-4,9,11,14,16,18,28H,5-8,10,12-13H2,(H,32,33)/t16-,18-/m0/s1. The van der Waals surface area contributed by atoms with Crippen molar-refractivity contribution in [3.05, 3.63) is 58.7 Å². The predicted molar refractivity (Wildman–Crippen MR) is 119 cm³/mol. The summed E-state index contributed by atoms with van der Waals surface area (Å²) in [6.45, 7) is 2.24. The van der Waals surface area contributed by atoms with Crippen molar-refractivity contribution in [2.24, 2.45) is 11.8 Å². The molecule has 33 heavy (non-hydrogen) atoms. The van der Waals surface area contributed by atoms with E-state index >= 15 is 0 Å². The Hall–Kier alpha value is -2.94.